The van der Waals surface area contributed by atoms with Crippen molar-refractivity contribution in [1.29, 1.82) is 0 Å². The van der Waals surface area contributed by atoms with Gasteiger partial charge in [0.25, 0.3) is 0 Å². The molecule has 0 aliphatic heterocycles. The average molecular weight is 589 g/mol. The van der Waals surface area contributed by atoms with Crippen LogP contribution >= 0.6 is 0 Å². The van der Waals surface area contributed by atoms with Gasteiger partial charge in [-0.25, -0.2) is 0 Å². The highest BCUT2D eigenvalue weighted by Gasteiger charge is 2.30. The lowest BCUT2D eigenvalue weighted by atomic mass is 9.95. The van der Waals surface area contributed by atoms with E-state index in [1.807, 2.05) is 44.2 Å². The number of nitrogens with one attached hydrogen (secondary N) is 3. The van der Waals surface area contributed by atoms with Gasteiger partial charge in [0, 0.05) is 37.3 Å². The molecule has 1 aliphatic rings. The summed E-state index contributed by atoms with van der Waals surface area (Å²) < 4.78 is 17.1. The number of fused-ring (bicyclic) bond motifs is 3. The number of nitrogens with zero attached hydrogens (tertiary/aromatic N) is 1. The Morgan fingerprint density at radius 1 is 1.02 bits per heavy atom. The summed E-state index contributed by atoms with van der Waals surface area (Å²) >= 11 is 0. The first kappa shape index (κ1) is 31.3. The molecule has 0 fully saturated rings. The van der Waals surface area contributed by atoms with Gasteiger partial charge in [0.1, 0.15) is 6.04 Å². The second-order valence-electron chi connectivity index (χ2n) is 10.8. The predicted molar refractivity (Wildman–Crippen MR) is 166 cm³/mol. The molecular formula is C33H40N4O6. The summed E-state index contributed by atoms with van der Waals surface area (Å²) in [6.07, 6.45) is 3.47. The molecule has 1 heterocycles. The van der Waals surface area contributed by atoms with Crippen LogP contribution in [-0.4, -0.2) is 50.7 Å². The Labute approximate surface area is 252 Å². The highest BCUT2D eigenvalue weighted by Crippen LogP contribution is 2.50. The van der Waals surface area contributed by atoms with Crippen molar-refractivity contribution in [3.63, 3.8) is 0 Å². The number of rotatable bonds is 11. The third kappa shape index (κ3) is 7.07. The summed E-state index contributed by atoms with van der Waals surface area (Å²) in [7, 11) is 4.67. The zero-order valence-corrected chi connectivity index (χ0v) is 25.6. The van der Waals surface area contributed by atoms with E-state index in [0.29, 0.717) is 48.6 Å². The molecule has 0 saturated carbocycles. The molecule has 0 spiro atoms. The first-order chi connectivity index (χ1) is 20.7. The fraction of sp³-hybridized carbons (Fsp3) is 0.394. The number of ether oxygens (including phenoxy) is 3. The van der Waals surface area contributed by atoms with E-state index in [0.717, 1.165) is 22.4 Å². The lowest BCUT2D eigenvalue weighted by Gasteiger charge is -2.22. The SMILES string of the molecule is COc1cc2c(c(OC)c1OC)-c1ccc(N[C@H](C(=O)NCCc3ccccn3)C(C)C)c(=O)cc1[C@H](NC(C)=O)CC2. The Hall–Kier alpha value is -4.60. The maximum atomic E-state index is 13.7. The van der Waals surface area contributed by atoms with Crippen LogP contribution in [-0.2, 0) is 22.4 Å². The first-order valence-corrected chi connectivity index (χ1v) is 14.4. The highest BCUT2D eigenvalue weighted by atomic mass is 16.5. The molecule has 3 N–H and O–H groups in total. The quantitative estimate of drug-likeness (QED) is 0.306. The third-order valence-corrected chi connectivity index (χ3v) is 7.58. The van der Waals surface area contributed by atoms with Crippen LogP contribution in [0.25, 0.3) is 11.1 Å². The topological polar surface area (TPSA) is 128 Å². The summed E-state index contributed by atoms with van der Waals surface area (Å²) in [6.45, 7) is 5.72. The minimum Gasteiger partial charge on any atom is -0.493 e. The van der Waals surface area contributed by atoms with E-state index in [9.17, 15) is 14.4 Å². The van der Waals surface area contributed by atoms with Gasteiger partial charge in [-0.1, -0.05) is 26.0 Å². The van der Waals surface area contributed by atoms with Crippen molar-refractivity contribution in [2.45, 2.75) is 52.1 Å². The number of anilines is 1. The second kappa shape index (κ2) is 14.0. The molecule has 3 aromatic rings. The largest absolute Gasteiger partial charge is 0.493 e. The molecular weight excluding hydrogens is 548 g/mol. The number of benzene rings is 1. The van der Waals surface area contributed by atoms with Gasteiger partial charge in [-0.3, -0.25) is 19.4 Å². The van der Waals surface area contributed by atoms with Gasteiger partial charge in [0.05, 0.1) is 33.1 Å². The minimum atomic E-state index is -0.657. The third-order valence-electron chi connectivity index (χ3n) is 7.58. The number of hydrogen-bond donors (Lipinski definition) is 3. The van der Waals surface area contributed by atoms with Crippen LogP contribution in [0.1, 0.15) is 50.1 Å². The summed E-state index contributed by atoms with van der Waals surface area (Å²) in [5.74, 6) is 0.909. The molecule has 4 rings (SSSR count). The second-order valence-corrected chi connectivity index (χ2v) is 10.8. The van der Waals surface area contributed by atoms with Crippen molar-refractivity contribution < 1.29 is 23.8 Å². The van der Waals surface area contributed by atoms with E-state index >= 15 is 0 Å². The molecule has 2 atom stereocenters. The van der Waals surface area contributed by atoms with Gasteiger partial charge in [0.15, 0.2) is 11.5 Å². The molecule has 43 heavy (non-hydrogen) atoms. The number of pyridine rings is 1. The van der Waals surface area contributed by atoms with E-state index in [-0.39, 0.29) is 28.8 Å². The van der Waals surface area contributed by atoms with Crippen molar-refractivity contribution in [3.05, 3.63) is 75.7 Å². The molecule has 0 unspecified atom stereocenters. The molecule has 2 aromatic carbocycles. The number of carbonyl (C=O) groups excluding carboxylic acids is 2. The summed E-state index contributed by atoms with van der Waals surface area (Å²) in [5, 5.41) is 9.18. The predicted octanol–water partition coefficient (Wildman–Crippen LogP) is 4.05. The Balaban J connectivity index is 1.75. The van der Waals surface area contributed by atoms with Crippen molar-refractivity contribution in [2.24, 2.45) is 5.92 Å². The van der Waals surface area contributed by atoms with Crippen molar-refractivity contribution in [2.75, 3.05) is 33.2 Å². The molecule has 0 bridgehead atoms. The van der Waals surface area contributed by atoms with Crippen LogP contribution in [0.5, 0.6) is 17.2 Å². The van der Waals surface area contributed by atoms with Crippen molar-refractivity contribution in [1.82, 2.24) is 15.6 Å². The summed E-state index contributed by atoms with van der Waals surface area (Å²) in [4.78, 5) is 43.5. The monoisotopic (exact) mass is 588 g/mol. The molecule has 0 radical (unpaired) electrons. The van der Waals surface area contributed by atoms with Crippen LogP contribution in [0, 0.1) is 5.92 Å². The summed E-state index contributed by atoms with van der Waals surface area (Å²) in [5.41, 5.74) is 3.92. The Bertz CT molecular complexity index is 1530. The molecule has 1 aromatic heterocycles. The normalized spacial score (nSPS) is 14.4. The molecule has 10 heteroatoms. The molecule has 0 saturated heterocycles. The van der Waals surface area contributed by atoms with E-state index in [1.54, 1.807) is 39.7 Å². The number of aromatic nitrogens is 1. The minimum absolute atomic E-state index is 0.109. The summed E-state index contributed by atoms with van der Waals surface area (Å²) in [6, 6.07) is 11.6. The highest BCUT2D eigenvalue weighted by molar-refractivity contribution is 5.86. The van der Waals surface area contributed by atoms with Gasteiger partial charge < -0.3 is 30.2 Å². The first-order valence-electron chi connectivity index (χ1n) is 14.4. The maximum absolute atomic E-state index is 13.7. The number of aryl methyl sites for hydroxylation is 1. The fourth-order valence-corrected chi connectivity index (χ4v) is 5.50. The zero-order chi connectivity index (χ0) is 31.1. The molecule has 1 aliphatic carbocycles. The Morgan fingerprint density at radius 2 is 1.79 bits per heavy atom. The molecule has 2 amide bonds. The number of carbonyl (C=O) groups is 2. The molecule has 228 valence electrons. The average Bonchev–Trinajstić information content (AvgIpc) is 3.23. The van der Waals surface area contributed by atoms with Gasteiger partial charge in [-0.2, -0.15) is 0 Å². The van der Waals surface area contributed by atoms with E-state index in [4.69, 9.17) is 14.2 Å². The van der Waals surface area contributed by atoms with Crippen molar-refractivity contribution >= 4 is 17.5 Å². The fourth-order valence-electron chi connectivity index (χ4n) is 5.50. The van der Waals surface area contributed by atoms with Crippen LogP contribution in [0.4, 0.5) is 5.69 Å². The zero-order valence-electron chi connectivity index (χ0n) is 25.6. The van der Waals surface area contributed by atoms with Crippen LogP contribution in [0.3, 0.4) is 0 Å². The van der Waals surface area contributed by atoms with E-state index in [2.05, 4.69) is 20.9 Å². The molecule has 10 nitrogen and oxygen atoms in total. The van der Waals surface area contributed by atoms with Crippen LogP contribution < -0.4 is 35.6 Å². The number of methoxy groups -OCH3 is 3. The van der Waals surface area contributed by atoms with E-state index < -0.39 is 12.1 Å². The Morgan fingerprint density at radius 3 is 2.42 bits per heavy atom. The van der Waals surface area contributed by atoms with Crippen LogP contribution in [0.15, 0.2) is 53.5 Å². The lowest BCUT2D eigenvalue weighted by Crippen LogP contribution is -2.44. The van der Waals surface area contributed by atoms with Gasteiger partial charge in [-0.15, -0.1) is 0 Å². The standard InChI is InChI=1S/C33H40N4O6/c1-19(2)30(33(40)35-16-14-22-9-7-8-15-34-22)37-26-13-11-23-24(18-27(26)39)25(36-20(3)38)12-10-21-17-28(41-4)31(42-5)32(43-6)29(21)23/h7-9,11,13,15,17-19,25,30H,10,12,14,16H2,1-6H3,(H,35,40)(H,36,38)(H,37,39)/t25-,30+/m1/s1. The number of amides is 2. The smallest absolute Gasteiger partial charge is 0.242 e. The lowest BCUT2D eigenvalue weighted by molar-refractivity contribution is -0.122. The number of hydrogen-bond acceptors (Lipinski definition) is 8. The van der Waals surface area contributed by atoms with Gasteiger partial charge in [0.2, 0.25) is 23.0 Å². The van der Waals surface area contributed by atoms with Gasteiger partial charge in [-0.05, 0) is 65.8 Å². The van der Waals surface area contributed by atoms with Crippen molar-refractivity contribution in [3.8, 4) is 28.4 Å². The van der Waals surface area contributed by atoms with Crippen LogP contribution in [0.2, 0.25) is 0 Å². The van der Waals surface area contributed by atoms with E-state index in [1.165, 1.54) is 6.92 Å². The Kier molecular flexibility index (Phi) is 10.2. The maximum Gasteiger partial charge on any atom is 0.242 e. The van der Waals surface area contributed by atoms with Gasteiger partial charge >= 0.3 is 0 Å².